The number of hydrogen-bond donors (Lipinski definition) is 1. The normalized spacial score (nSPS) is 18.3. The van der Waals surface area contributed by atoms with E-state index < -0.39 is 5.60 Å². The third kappa shape index (κ3) is 3.13. The Morgan fingerprint density at radius 1 is 1.58 bits per heavy atom. The smallest absolute Gasteiger partial charge is 0.271 e. The summed E-state index contributed by atoms with van der Waals surface area (Å²) in [5, 5.41) is 14.6. The topological polar surface area (TPSA) is 67.6 Å². The number of likely N-dealkylation sites (N-methyl/N-ethyl adjacent to an activating group) is 1. The zero-order valence-corrected chi connectivity index (χ0v) is 11.7. The van der Waals surface area contributed by atoms with Crippen LogP contribution in [0.1, 0.15) is 29.0 Å². The quantitative estimate of drug-likeness (QED) is 0.857. The van der Waals surface area contributed by atoms with Crippen LogP contribution < -0.4 is 0 Å². The van der Waals surface area contributed by atoms with Crippen LogP contribution >= 0.6 is 0 Å². The fraction of sp³-hybridized carbons (Fsp3) is 0.692. The number of amides is 1. The summed E-state index contributed by atoms with van der Waals surface area (Å²) in [6.07, 6.45) is 1.13. The molecular weight excluding hydrogens is 246 g/mol. The summed E-state index contributed by atoms with van der Waals surface area (Å²) < 4.78 is 6.81. The second-order valence-electron chi connectivity index (χ2n) is 5.29. The number of ether oxygens (including phenoxy) is 1. The van der Waals surface area contributed by atoms with E-state index in [1.807, 2.05) is 6.92 Å². The summed E-state index contributed by atoms with van der Waals surface area (Å²) in [5.74, 6) is -0.122. The van der Waals surface area contributed by atoms with Crippen molar-refractivity contribution in [3.05, 3.63) is 17.5 Å². The van der Waals surface area contributed by atoms with Crippen LogP contribution in [0.3, 0.4) is 0 Å². The highest BCUT2D eigenvalue weighted by Crippen LogP contribution is 2.22. The molecule has 0 bridgehead atoms. The molecule has 6 nitrogen and oxygen atoms in total. The van der Waals surface area contributed by atoms with Crippen LogP contribution in [0.15, 0.2) is 6.07 Å². The molecule has 0 saturated carbocycles. The Morgan fingerprint density at radius 3 is 2.74 bits per heavy atom. The van der Waals surface area contributed by atoms with Gasteiger partial charge in [0, 0.05) is 46.7 Å². The van der Waals surface area contributed by atoms with Crippen molar-refractivity contribution < 1.29 is 14.6 Å². The molecule has 0 aromatic carbocycles. The average Bonchev–Trinajstić information content (AvgIpc) is 2.67. The molecule has 1 aliphatic rings. The zero-order valence-electron chi connectivity index (χ0n) is 11.7. The number of aromatic nitrogens is 2. The van der Waals surface area contributed by atoms with Crippen molar-refractivity contribution in [3.63, 3.8) is 0 Å². The molecule has 0 spiro atoms. The van der Waals surface area contributed by atoms with Crippen molar-refractivity contribution in [2.24, 2.45) is 7.05 Å². The van der Waals surface area contributed by atoms with E-state index in [4.69, 9.17) is 4.74 Å². The molecular formula is C13H21N3O3. The lowest BCUT2D eigenvalue weighted by Crippen LogP contribution is -2.47. The maximum Gasteiger partial charge on any atom is 0.271 e. The Morgan fingerprint density at radius 2 is 2.21 bits per heavy atom. The van der Waals surface area contributed by atoms with E-state index in [9.17, 15) is 9.90 Å². The number of nitrogens with zero attached hydrogens (tertiary/aromatic N) is 3. The lowest BCUT2D eigenvalue weighted by atomic mass is 9.94. The van der Waals surface area contributed by atoms with Gasteiger partial charge in [-0.25, -0.2) is 0 Å². The molecule has 1 fully saturated rings. The number of aliphatic hydroxyl groups is 1. The number of rotatable bonds is 3. The minimum absolute atomic E-state index is 0.122. The van der Waals surface area contributed by atoms with Crippen LogP contribution in [0.2, 0.25) is 0 Å². The third-order valence-electron chi connectivity index (χ3n) is 3.52. The molecule has 6 heteroatoms. The lowest BCUT2D eigenvalue weighted by molar-refractivity contribution is -0.0735. The highest BCUT2D eigenvalue weighted by molar-refractivity contribution is 5.92. The van der Waals surface area contributed by atoms with E-state index in [-0.39, 0.29) is 5.91 Å². The van der Waals surface area contributed by atoms with Gasteiger partial charge >= 0.3 is 0 Å². The molecule has 1 aliphatic heterocycles. The van der Waals surface area contributed by atoms with Crippen LogP contribution in [0, 0.1) is 6.92 Å². The van der Waals surface area contributed by atoms with Gasteiger partial charge in [-0.15, -0.1) is 0 Å². The van der Waals surface area contributed by atoms with Crippen LogP contribution in [-0.4, -0.2) is 58.1 Å². The molecule has 2 rings (SSSR count). The van der Waals surface area contributed by atoms with Crippen molar-refractivity contribution >= 4 is 5.91 Å². The minimum Gasteiger partial charge on any atom is -0.388 e. The van der Waals surface area contributed by atoms with Crippen molar-refractivity contribution in [3.8, 4) is 0 Å². The van der Waals surface area contributed by atoms with Gasteiger partial charge in [0.25, 0.3) is 5.91 Å². The number of carbonyl (C=O) groups is 1. The molecule has 0 atom stereocenters. The molecule has 1 saturated heterocycles. The molecule has 2 heterocycles. The Hall–Kier alpha value is -1.40. The van der Waals surface area contributed by atoms with E-state index in [0.717, 1.165) is 5.69 Å². The first-order valence-electron chi connectivity index (χ1n) is 6.47. The number of hydrogen-bond acceptors (Lipinski definition) is 4. The third-order valence-corrected chi connectivity index (χ3v) is 3.52. The van der Waals surface area contributed by atoms with Gasteiger partial charge in [0.15, 0.2) is 0 Å². The zero-order chi connectivity index (χ0) is 14.0. The van der Waals surface area contributed by atoms with Gasteiger partial charge in [-0.05, 0) is 13.0 Å². The van der Waals surface area contributed by atoms with E-state index >= 15 is 0 Å². The molecule has 1 aromatic rings. The SMILES string of the molecule is Cc1cc(C(=O)N(C)CC2(O)CCOCC2)n(C)n1. The van der Waals surface area contributed by atoms with Crippen LogP contribution in [0.25, 0.3) is 0 Å². The van der Waals surface area contributed by atoms with Gasteiger partial charge in [-0.2, -0.15) is 5.10 Å². The summed E-state index contributed by atoms with van der Waals surface area (Å²) in [7, 11) is 3.45. The highest BCUT2D eigenvalue weighted by atomic mass is 16.5. The largest absolute Gasteiger partial charge is 0.388 e. The predicted molar refractivity (Wildman–Crippen MR) is 69.9 cm³/mol. The van der Waals surface area contributed by atoms with Crippen LogP contribution in [-0.2, 0) is 11.8 Å². The minimum atomic E-state index is -0.837. The monoisotopic (exact) mass is 267 g/mol. The average molecular weight is 267 g/mol. The van der Waals surface area contributed by atoms with Crippen molar-refractivity contribution in [2.75, 3.05) is 26.8 Å². The van der Waals surface area contributed by atoms with E-state index in [1.54, 1.807) is 29.7 Å². The Bertz CT molecular complexity index is 464. The fourth-order valence-electron chi connectivity index (χ4n) is 2.43. The highest BCUT2D eigenvalue weighted by Gasteiger charge is 2.33. The summed E-state index contributed by atoms with van der Waals surface area (Å²) >= 11 is 0. The van der Waals surface area contributed by atoms with Crippen molar-refractivity contribution in [1.82, 2.24) is 14.7 Å². The summed E-state index contributed by atoms with van der Waals surface area (Å²) in [6, 6.07) is 1.76. The maximum absolute atomic E-state index is 12.3. The van der Waals surface area contributed by atoms with E-state index in [0.29, 0.717) is 38.3 Å². The van der Waals surface area contributed by atoms with Gasteiger partial charge < -0.3 is 14.7 Å². The molecule has 0 radical (unpaired) electrons. The first kappa shape index (κ1) is 14.0. The van der Waals surface area contributed by atoms with Crippen molar-refractivity contribution in [2.45, 2.75) is 25.4 Å². The fourth-order valence-corrected chi connectivity index (χ4v) is 2.43. The van der Waals surface area contributed by atoms with Gasteiger partial charge in [-0.3, -0.25) is 9.48 Å². The molecule has 106 valence electrons. The Labute approximate surface area is 113 Å². The lowest BCUT2D eigenvalue weighted by Gasteiger charge is -2.35. The molecule has 1 amide bonds. The molecule has 1 N–H and O–H groups in total. The van der Waals surface area contributed by atoms with Crippen LogP contribution in [0.5, 0.6) is 0 Å². The maximum atomic E-state index is 12.3. The number of carbonyl (C=O) groups excluding carboxylic acids is 1. The Balaban J connectivity index is 2.05. The first-order chi connectivity index (χ1) is 8.91. The van der Waals surface area contributed by atoms with Gasteiger partial charge in [0.2, 0.25) is 0 Å². The molecule has 0 unspecified atom stereocenters. The first-order valence-corrected chi connectivity index (χ1v) is 6.47. The van der Waals surface area contributed by atoms with Gasteiger partial charge in [0.05, 0.1) is 11.3 Å². The van der Waals surface area contributed by atoms with Gasteiger partial charge in [-0.1, -0.05) is 0 Å². The van der Waals surface area contributed by atoms with Crippen molar-refractivity contribution in [1.29, 1.82) is 0 Å². The second kappa shape index (κ2) is 5.30. The number of aryl methyl sites for hydroxylation is 2. The second-order valence-corrected chi connectivity index (χ2v) is 5.29. The summed E-state index contributed by atoms with van der Waals surface area (Å²) in [6.45, 7) is 3.26. The molecule has 1 aromatic heterocycles. The summed E-state index contributed by atoms with van der Waals surface area (Å²) in [5.41, 5.74) is 0.510. The Kier molecular flexibility index (Phi) is 3.91. The standard InChI is InChI=1S/C13H21N3O3/c1-10-8-11(16(3)14-10)12(17)15(2)9-13(18)4-6-19-7-5-13/h8,18H,4-7,9H2,1-3H3. The van der Waals surface area contributed by atoms with Gasteiger partial charge in [0.1, 0.15) is 5.69 Å². The molecule has 0 aliphatic carbocycles. The predicted octanol–water partition coefficient (Wildman–Crippen LogP) is 0.342. The van der Waals surface area contributed by atoms with Crippen LogP contribution in [0.4, 0.5) is 0 Å². The van der Waals surface area contributed by atoms with E-state index in [1.165, 1.54) is 0 Å². The summed E-state index contributed by atoms with van der Waals surface area (Å²) in [4.78, 5) is 13.9. The van der Waals surface area contributed by atoms with E-state index in [2.05, 4.69) is 5.10 Å². The molecule has 19 heavy (non-hydrogen) atoms.